The van der Waals surface area contributed by atoms with Gasteiger partial charge in [0.15, 0.2) is 0 Å². The van der Waals surface area contributed by atoms with E-state index in [1.54, 1.807) is 0 Å². The highest BCUT2D eigenvalue weighted by Gasteiger charge is 2.36. The second-order valence-corrected chi connectivity index (χ2v) is 7.00. The van der Waals surface area contributed by atoms with Crippen LogP contribution in [0.2, 0.25) is 0 Å². The molecule has 1 aromatic carbocycles. The summed E-state index contributed by atoms with van der Waals surface area (Å²) in [6.07, 6.45) is 3.89. The van der Waals surface area contributed by atoms with Gasteiger partial charge in [-0.1, -0.05) is 24.1 Å². The summed E-state index contributed by atoms with van der Waals surface area (Å²) in [6, 6.07) is 4.37. The minimum Gasteiger partial charge on any atom is -0.387 e. The highest BCUT2D eigenvalue weighted by Crippen LogP contribution is 2.38. The Morgan fingerprint density at radius 1 is 1.10 bits per heavy atom. The van der Waals surface area contributed by atoms with Gasteiger partial charge in [-0.3, -0.25) is 4.90 Å². The summed E-state index contributed by atoms with van der Waals surface area (Å²) in [6.45, 7) is 9.57. The van der Waals surface area contributed by atoms with Gasteiger partial charge in [-0.15, -0.1) is 0 Å². The van der Waals surface area contributed by atoms with Crippen LogP contribution < -0.4 is 0 Å². The first kappa shape index (κ1) is 14.1. The minimum absolute atomic E-state index is 0.338. The molecule has 1 saturated heterocycles. The monoisotopic (exact) mass is 273 g/mol. The molecule has 1 aromatic rings. The van der Waals surface area contributed by atoms with Crippen molar-refractivity contribution in [1.82, 2.24) is 4.90 Å². The van der Waals surface area contributed by atoms with Gasteiger partial charge in [0.1, 0.15) is 0 Å². The summed E-state index contributed by atoms with van der Waals surface area (Å²) in [7, 11) is 0. The highest BCUT2D eigenvalue weighted by atomic mass is 16.3. The Labute approximate surface area is 122 Å². The predicted octanol–water partition coefficient (Wildman–Crippen LogP) is 3.38. The van der Waals surface area contributed by atoms with Crippen molar-refractivity contribution < 1.29 is 5.11 Å². The van der Waals surface area contributed by atoms with Crippen LogP contribution in [0.1, 0.15) is 47.6 Å². The van der Waals surface area contributed by atoms with Crippen molar-refractivity contribution in [2.75, 3.05) is 19.6 Å². The van der Waals surface area contributed by atoms with Crippen LogP contribution in [-0.2, 0) is 0 Å². The summed E-state index contributed by atoms with van der Waals surface area (Å²) >= 11 is 0. The third-order valence-corrected chi connectivity index (χ3v) is 5.30. The van der Waals surface area contributed by atoms with Gasteiger partial charge >= 0.3 is 0 Å². The van der Waals surface area contributed by atoms with Crippen molar-refractivity contribution >= 4 is 0 Å². The first-order chi connectivity index (χ1) is 9.54. The third kappa shape index (κ3) is 2.64. The van der Waals surface area contributed by atoms with Crippen LogP contribution in [0.3, 0.4) is 0 Å². The van der Waals surface area contributed by atoms with Gasteiger partial charge < -0.3 is 5.11 Å². The molecule has 0 amide bonds. The fourth-order valence-electron chi connectivity index (χ4n) is 4.53. The second-order valence-electron chi connectivity index (χ2n) is 7.00. The Morgan fingerprint density at radius 3 is 2.20 bits per heavy atom. The highest BCUT2D eigenvalue weighted by molar-refractivity contribution is 5.39. The van der Waals surface area contributed by atoms with E-state index >= 15 is 0 Å². The lowest BCUT2D eigenvalue weighted by atomic mass is 9.95. The van der Waals surface area contributed by atoms with Gasteiger partial charge in [0.2, 0.25) is 0 Å². The zero-order chi connectivity index (χ0) is 14.3. The van der Waals surface area contributed by atoms with E-state index < -0.39 is 0 Å². The number of nitrogens with zero attached hydrogens (tertiary/aromatic N) is 1. The Balaban J connectivity index is 1.69. The third-order valence-electron chi connectivity index (χ3n) is 5.30. The van der Waals surface area contributed by atoms with Crippen molar-refractivity contribution in [3.05, 3.63) is 34.4 Å². The van der Waals surface area contributed by atoms with E-state index in [0.29, 0.717) is 0 Å². The molecule has 110 valence electrons. The lowest BCUT2D eigenvalue weighted by Gasteiger charge is -2.23. The smallest absolute Gasteiger partial charge is 0.0922 e. The molecule has 0 radical (unpaired) electrons. The number of likely N-dealkylation sites (tertiary alicyclic amines) is 1. The number of aliphatic hydroxyl groups excluding tert-OH is 1. The zero-order valence-corrected chi connectivity index (χ0v) is 13.0. The summed E-state index contributed by atoms with van der Waals surface area (Å²) in [5.41, 5.74) is 4.89. The minimum atomic E-state index is -0.338. The standard InChI is InChI=1S/C18H27NO/c1-12-7-13(2)18(14(3)8-12)17(20)11-19-9-15-5-4-6-16(15)10-19/h7-8,15-17,20H,4-6,9-11H2,1-3H3. The molecule has 1 N–H and O–H groups in total. The van der Waals surface area contributed by atoms with Gasteiger partial charge in [-0.25, -0.2) is 0 Å². The maximum Gasteiger partial charge on any atom is 0.0922 e. The van der Waals surface area contributed by atoms with Crippen LogP contribution in [0.15, 0.2) is 12.1 Å². The number of hydrogen-bond donors (Lipinski definition) is 1. The Hall–Kier alpha value is -0.860. The van der Waals surface area contributed by atoms with Crippen LogP contribution in [0.5, 0.6) is 0 Å². The molecule has 2 nitrogen and oxygen atoms in total. The first-order valence-corrected chi connectivity index (χ1v) is 8.02. The Bertz CT molecular complexity index is 461. The Morgan fingerprint density at radius 2 is 1.65 bits per heavy atom. The van der Waals surface area contributed by atoms with Crippen molar-refractivity contribution in [2.45, 2.75) is 46.1 Å². The van der Waals surface area contributed by atoms with E-state index in [1.165, 1.54) is 49.0 Å². The molecule has 3 unspecified atom stereocenters. The number of benzene rings is 1. The van der Waals surface area contributed by atoms with Gasteiger partial charge in [0, 0.05) is 19.6 Å². The number of fused-ring (bicyclic) bond motifs is 1. The molecule has 0 bridgehead atoms. The average Bonchev–Trinajstić information content (AvgIpc) is 2.87. The van der Waals surface area contributed by atoms with Crippen molar-refractivity contribution in [2.24, 2.45) is 11.8 Å². The van der Waals surface area contributed by atoms with E-state index in [4.69, 9.17) is 0 Å². The number of rotatable bonds is 3. The lowest BCUT2D eigenvalue weighted by Crippen LogP contribution is -2.28. The number of aliphatic hydroxyl groups is 1. The average molecular weight is 273 g/mol. The first-order valence-electron chi connectivity index (χ1n) is 8.02. The normalized spacial score (nSPS) is 27.8. The fourth-order valence-corrected chi connectivity index (χ4v) is 4.53. The quantitative estimate of drug-likeness (QED) is 0.912. The molecule has 20 heavy (non-hydrogen) atoms. The SMILES string of the molecule is Cc1cc(C)c(C(O)CN2CC3CCCC3C2)c(C)c1. The summed E-state index contributed by atoms with van der Waals surface area (Å²) in [5, 5.41) is 10.7. The van der Waals surface area contributed by atoms with Crippen LogP contribution in [-0.4, -0.2) is 29.6 Å². The van der Waals surface area contributed by atoms with Gasteiger partial charge in [-0.2, -0.15) is 0 Å². The number of hydrogen-bond acceptors (Lipinski definition) is 2. The molecule has 3 atom stereocenters. The maximum atomic E-state index is 10.7. The molecule has 3 rings (SSSR count). The fraction of sp³-hybridized carbons (Fsp3) is 0.667. The number of β-amino-alcohol motifs (C(OH)–C–C–N with tert-alkyl or cyclic N) is 1. The largest absolute Gasteiger partial charge is 0.387 e. The summed E-state index contributed by atoms with van der Waals surface area (Å²) < 4.78 is 0. The molecule has 2 heteroatoms. The number of aryl methyl sites for hydroxylation is 3. The van der Waals surface area contributed by atoms with E-state index in [2.05, 4.69) is 37.8 Å². The molecular formula is C18H27NO. The predicted molar refractivity (Wildman–Crippen MR) is 82.9 cm³/mol. The van der Waals surface area contributed by atoms with E-state index in [0.717, 1.165) is 23.9 Å². The summed E-state index contributed by atoms with van der Waals surface area (Å²) in [4.78, 5) is 2.48. The van der Waals surface area contributed by atoms with Crippen LogP contribution in [0.4, 0.5) is 0 Å². The van der Waals surface area contributed by atoms with Crippen molar-refractivity contribution in [3.63, 3.8) is 0 Å². The van der Waals surface area contributed by atoms with E-state index in [9.17, 15) is 5.11 Å². The molecule has 0 aromatic heterocycles. The van der Waals surface area contributed by atoms with Crippen molar-refractivity contribution in [1.29, 1.82) is 0 Å². The molecule has 2 aliphatic rings. The lowest BCUT2D eigenvalue weighted by molar-refractivity contribution is 0.121. The maximum absolute atomic E-state index is 10.7. The molecule has 2 fully saturated rings. The molecule has 0 spiro atoms. The van der Waals surface area contributed by atoms with E-state index in [1.807, 2.05) is 0 Å². The molecule has 1 aliphatic heterocycles. The summed E-state index contributed by atoms with van der Waals surface area (Å²) in [5.74, 6) is 1.81. The van der Waals surface area contributed by atoms with Crippen LogP contribution >= 0.6 is 0 Å². The molecular weight excluding hydrogens is 246 g/mol. The van der Waals surface area contributed by atoms with Gasteiger partial charge in [0.05, 0.1) is 6.10 Å². The van der Waals surface area contributed by atoms with Crippen LogP contribution in [0.25, 0.3) is 0 Å². The van der Waals surface area contributed by atoms with Crippen molar-refractivity contribution in [3.8, 4) is 0 Å². The zero-order valence-electron chi connectivity index (χ0n) is 13.0. The van der Waals surface area contributed by atoms with E-state index in [-0.39, 0.29) is 6.10 Å². The second kappa shape index (κ2) is 5.50. The van der Waals surface area contributed by atoms with Gasteiger partial charge in [0.25, 0.3) is 0 Å². The topological polar surface area (TPSA) is 23.5 Å². The van der Waals surface area contributed by atoms with Gasteiger partial charge in [-0.05, 0) is 62.1 Å². The molecule has 1 heterocycles. The Kier molecular flexibility index (Phi) is 3.87. The molecule has 1 aliphatic carbocycles. The molecule has 1 saturated carbocycles. The van der Waals surface area contributed by atoms with Crippen LogP contribution in [0, 0.1) is 32.6 Å².